The fraction of sp³-hybridized carbons (Fsp3) is 0.400. The number of aliphatic hydroxyl groups excluding tert-OH is 1. The number of benzene rings is 1. The van der Waals surface area contributed by atoms with Gasteiger partial charge in [-0.25, -0.2) is 4.39 Å². The van der Waals surface area contributed by atoms with Gasteiger partial charge in [-0.05, 0) is 13.0 Å². The molecule has 4 heteroatoms. The van der Waals surface area contributed by atoms with Gasteiger partial charge in [-0.1, -0.05) is 12.1 Å². The van der Waals surface area contributed by atoms with E-state index in [9.17, 15) is 9.50 Å². The van der Waals surface area contributed by atoms with E-state index in [-0.39, 0.29) is 11.3 Å². The summed E-state index contributed by atoms with van der Waals surface area (Å²) >= 11 is 0. The van der Waals surface area contributed by atoms with Gasteiger partial charge in [-0.3, -0.25) is 0 Å². The van der Waals surface area contributed by atoms with Crippen LogP contribution in [-0.2, 0) is 0 Å². The third-order valence-corrected chi connectivity index (χ3v) is 2.03. The first kappa shape index (κ1) is 10.9. The SMILES string of the molecule is COc1cccc(C(O)C(C)N)c1F. The third kappa shape index (κ3) is 2.02. The number of aliphatic hydroxyl groups is 1. The van der Waals surface area contributed by atoms with E-state index < -0.39 is 18.0 Å². The highest BCUT2D eigenvalue weighted by atomic mass is 19.1. The highest BCUT2D eigenvalue weighted by Crippen LogP contribution is 2.25. The van der Waals surface area contributed by atoms with Crippen molar-refractivity contribution in [3.63, 3.8) is 0 Å². The maximum absolute atomic E-state index is 13.5. The molecular weight excluding hydrogens is 185 g/mol. The van der Waals surface area contributed by atoms with Crippen molar-refractivity contribution < 1.29 is 14.2 Å². The number of ether oxygens (including phenoxy) is 1. The van der Waals surface area contributed by atoms with E-state index in [0.29, 0.717) is 0 Å². The molecule has 2 atom stereocenters. The summed E-state index contributed by atoms with van der Waals surface area (Å²) in [5.41, 5.74) is 5.64. The monoisotopic (exact) mass is 199 g/mol. The van der Waals surface area contributed by atoms with Crippen LogP contribution in [0.1, 0.15) is 18.6 Å². The lowest BCUT2D eigenvalue weighted by Gasteiger charge is -2.16. The molecule has 0 aromatic heterocycles. The van der Waals surface area contributed by atoms with Gasteiger partial charge in [-0.2, -0.15) is 0 Å². The topological polar surface area (TPSA) is 55.5 Å². The van der Waals surface area contributed by atoms with Crippen LogP contribution in [0.25, 0.3) is 0 Å². The Morgan fingerprint density at radius 3 is 2.64 bits per heavy atom. The van der Waals surface area contributed by atoms with Gasteiger partial charge in [0.1, 0.15) is 0 Å². The van der Waals surface area contributed by atoms with E-state index in [1.807, 2.05) is 0 Å². The first-order valence-electron chi connectivity index (χ1n) is 4.34. The van der Waals surface area contributed by atoms with Crippen molar-refractivity contribution in [3.8, 4) is 5.75 Å². The molecule has 0 saturated carbocycles. The lowest BCUT2D eigenvalue weighted by atomic mass is 10.0. The average molecular weight is 199 g/mol. The third-order valence-electron chi connectivity index (χ3n) is 2.03. The van der Waals surface area contributed by atoms with Crippen LogP contribution >= 0.6 is 0 Å². The molecule has 2 unspecified atom stereocenters. The number of rotatable bonds is 3. The van der Waals surface area contributed by atoms with Crippen molar-refractivity contribution in [3.05, 3.63) is 29.6 Å². The van der Waals surface area contributed by atoms with Crippen molar-refractivity contribution >= 4 is 0 Å². The molecule has 0 amide bonds. The van der Waals surface area contributed by atoms with Crippen molar-refractivity contribution in [1.29, 1.82) is 0 Å². The van der Waals surface area contributed by atoms with Gasteiger partial charge < -0.3 is 15.6 Å². The van der Waals surface area contributed by atoms with Crippen LogP contribution in [0, 0.1) is 5.82 Å². The molecule has 0 aliphatic rings. The van der Waals surface area contributed by atoms with Crippen LogP contribution in [0.3, 0.4) is 0 Å². The molecule has 0 fully saturated rings. The van der Waals surface area contributed by atoms with Gasteiger partial charge in [0.15, 0.2) is 11.6 Å². The molecule has 0 saturated heterocycles. The van der Waals surface area contributed by atoms with Crippen molar-refractivity contribution in [2.75, 3.05) is 7.11 Å². The summed E-state index contributed by atoms with van der Waals surface area (Å²) in [6, 6.07) is 4.08. The smallest absolute Gasteiger partial charge is 0.170 e. The van der Waals surface area contributed by atoms with Crippen molar-refractivity contribution in [2.24, 2.45) is 5.73 Å². The van der Waals surface area contributed by atoms with Crippen LogP contribution < -0.4 is 10.5 Å². The summed E-state index contributed by atoms with van der Waals surface area (Å²) in [7, 11) is 1.38. The Bertz CT molecular complexity index is 315. The summed E-state index contributed by atoms with van der Waals surface area (Å²) in [5, 5.41) is 9.58. The van der Waals surface area contributed by atoms with Crippen LogP contribution in [0.4, 0.5) is 4.39 Å². The maximum atomic E-state index is 13.5. The van der Waals surface area contributed by atoms with Gasteiger partial charge >= 0.3 is 0 Å². The fourth-order valence-corrected chi connectivity index (χ4v) is 1.20. The molecule has 78 valence electrons. The zero-order valence-electron chi connectivity index (χ0n) is 8.20. The van der Waals surface area contributed by atoms with Crippen molar-refractivity contribution in [1.82, 2.24) is 0 Å². The van der Waals surface area contributed by atoms with E-state index in [1.54, 1.807) is 13.0 Å². The molecule has 3 N–H and O–H groups in total. The van der Waals surface area contributed by atoms with Crippen LogP contribution in [0.15, 0.2) is 18.2 Å². The minimum atomic E-state index is -1.01. The Morgan fingerprint density at radius 1 is 1.50 bits per heavy atom. The summed E-state index contributed by atoms with van der Waals surface area (Å²) < 4.78 is 18.3. The molecular formula is C10H14FNO2. The zero-order chi connectivity index (χ0) is 10.7. The second-order valence-corrected chi connectivity index (χ2v) is 3.17. The molecule has 0 radical (unpaired) electrons. The normalized spacial score (nSPS) is 14.9. The second kappa shape index (κ2) is 4.39. The van der Waals surface area contributed by atoms with Gasteiger partial charge in [0.25, 0.3) is 0 Å². The fourth-order valence-electron chi connectivity index (χ4n) is 1.20. The van der Waals surface area contributed by atoms with Gasteiger partial charge in [0.05, 0.1) is 13.2 Å². The molecule has 0 spiro atoms. The number of nitrogens with two attached hydrogens (primary N) is 1. The van der Waals surface area contributed by atoms with Crippen LogP contribution in [0.2, 0.25) is 0 Å². The molecule has 1 aromatic rings. The number of hydrogen-bond donors (Lipinski definition) is 2. The Morgan fingerprint density at radius 2 is 2.14 bits per heavy atom. The summed E-state index contributed by atoms with van der Waals surface area (Å²) in [4.78, 5) is 0. The van der Waals surface area contributed by atoms with E-state index in [0.717, 1.165) is 0 Å². The molecule has 3 nitrogen and oxygen atoms in total. The lowest BCUT2D eigenvalue weighted by molar-refractivity contribution is 0.148. The molecule has 1 aromatic carbocycles. The maximum Gasteiger partial charge on any atom is 0.170 e. The summed E-state index contributed by atoms with van der Waals surface area (Å²) in [6.07, 6.45) is -1.01. The first-order chi connectivity index (χ1) is 6.57. The minimum Gasteiger partial charge on any atom is -0.494 e. The largest absolute Gasteiger partial charge is 0.494 e. The predicted molar refractivity (Wildman–Crippen MR) is 51.6 cm³/mol. The Kier molecular flexibility index (Phi) is 3.43. The Balaban J connectivity index is 3.09. The van der Waals surface area contributed by atoms with Crippen LogP contribution in [-0.4, -0.2) is 18.3 Å². The van der Waals surface area contributed by atoms with E-state index in [2.05, 4.69) is 0 Å². The zero-order valence-corrected chi connectivity index (χ0v) is 8.20. The summed E-state index contributed by atoms with van der Waals surface area (Å²) in [6.45, 7) is 1.61. The average Bonchev–Trinajstić information content (AvgIpc) is 2.17. The molecule has 14 heavy (non-hydrogen) atoms. The summed E-state index contributed by atoms with van der Waals surface area (Å²) in [5.74, 6) is -0.443. The number of halogens is 1. The quantitative estimate of drug-likeness (QED) is 0.769. The second-order valence-electron chi connectivity index (χ2n) is 3.17. The van der Waals surface area contributed by atoms with Gasteiger partial charge in [0, 0.05) is 11.6 Å². The van der Waals surface area contributed by atoms with Gasteiger partial charge in [0.2, 0.25) is 0 Å². The van der Waals surface area contributed by atoms with E-state index in [4.69, 9.17) is 10.5 Å². The minimum absolute atomic E-state index is 0.113. The lowest BCUT2D eigenvalue weighted by Crippen LogP contribution is -2.25. The standard InChI is InChI=1S/C10H14FNO2/c1-6(12)10(13)7-4-3-5-8(14-2)9(7)11/h3-6,10,13H,12H2,1-2H3. The van der Waals surface area contributed by atoms with E-state index in [1.165, 1.54) is 19.2 Å². The van der Waals surface area contributed by atoms with E-state index >= 15 is 0 Å². The molecule has 0 aliphatic heterocycles. The predicted octanol–water partition coefficient (Wildman–Crippen LogP) is 1.21. The molecule has 0 heterocycles. The highest BCUT2D eigenvalue weighted by Gasteiger charge is 2.18. The highest BCUT2D eigenvalue weighted by molar-refractivity contribution is 5.32. The molecule has 0 aliphatic carbocycles. The molecule has 0 bridgehead atoms. The number of methoxy groups -OCH3 is 1. The first-order valence-corrected chi connectivity index (χ1v) is 4.34. The van der Waals surface area contributed by atoms with Gasteiger partial charge in [-0.15, -0.1) is 0 Å². The Labute approximate surface area is 82.3 Å². The number of hydrogen-bond acceptors (Lipinski definition) is 3. The molecule has 1 rings (SSSR count). The Hall–Kier alpha value is -1.13. The van der Waals surface area contributed by atoms with Crippen LogP contribution in [0.5, 0.6) is 5.75 Å². The van der Waals surface area contributed by atoms with Crippen molar-refractivity contribution in [2.45, 2.75) is 19.1 Å².